The van der Waals surface area contributed by atoms with E-state index < -0.39 is 23.8 Å². The molecule has 0 saturated carbocycles. The number of carbonyl (C=O) groups excluding carboxylic acids is 1. The van der Waals surface area contributed by atoms with Gasteiger partial charge >= 0.3 is 6.09 Å². The van der Waals surface area contributed by atoms with Gasteiger partial charge < -0.3 is 10.1 Å². The van der Waals surface area contributed by atoms with Crippen molar-refractivity contribution in [3.05, 3.63) is 34.9 Å². The van der Waals surface area contributed by atoms with Crippen molar-refractivity contribution in [2.45, 2.75) is 13.0 Å². The van der Waals surface area contributed by atoms with Crippen LogP contribution in [0.4, 0.5) is 13.6 Å². The fraction of sp³-hybridized carbons (Fsp3) is 0.300. The number of benzene rings is 1. The first-order valence-electron chi connectivity index (χ1n) is 4.47. The minimum atomic E-state index is -0.611. The van der Waals surface area contributed by atoms with Crippen molar-refractivity contribution in [2.75, 3.05) is 6.61 Å². The molecule has 1 saturated heterocycles. The molecular weight excluding hydrogens is 204 g/mol. The summed E-state index contributed by atoms with van der Waals surface area (Å²) in [5, 5.41) is 2.39. The number of alkyl carbamates (subject to hydrolysis) is 1. The molecule has 0 radical (unpaired) electrons. The van der Waals surface area contributed by atoms with Gasteiger partial charge in [0.05, 0.1) is 6.04 Å². The largest absolute Gasteiger partial charge is 0.447 e. The van der Waals surface area contributed by atoms with Crippen LogP contribution in [-0.2, 0) is 4.74 Å². The van der Waals surface area contributed by atoms with Crippen molar-refractivity contribution >= 4 is 6.09 Å². The minimum Gasteiger partial charge on any atom is -0.447 e. The highest BCUT2D eigenvalue weighted by Gasteiger charge is 2.26. The van der Waals surface area contributed by atoms with Crippen LogP contribution in [0.2, 0.25) is 0 Å². The van der Waals surface area contributed by atoms with E-state index in [0.717, 1.165) is 12.1 Å². The SMILES string of the molecule is Cc1cc(F)c(C2COC(=O)N2)cc1F. The maximum Gasteiger partial charge on any atom is 0.407 e. The van der Waals surface area contributed by atoms with E-state index in [1.807, 2.05) is 0 Å². The molecule has 1 fully saturated rings. The van der Waals surface area contributed by atoms with Crippen molar-refractivity contribution < 1.29 is 18.3 Å². The molecule has 1 heterocycles. The Bertz CT molecular complexity index is 420. The van der Waals surface area contributed by atoms with Crippen molar-refractivity contribution in [3.63, 3.8) is 0 Å². The molecule has 2 rings (SSSR count). The molecule has 1 aliphatic heterocycles. The highest BCUT2D eigenvalue weighted by molar-refractivity contribution is 5.70. The lowest BCUT2D eigenvalue weighted by molar-refractivity contribution is 0.176. The second-order valence-electron chi connectivity index (χ2n) is 3.42. The van der Waals surface area contributed by atoms with E-state index in [4.69, 9.17) is 0 Å². The molecule has 3 nitrogen and oxygen atoms in total. The number of hydrogen-bond acceptors (Lipinski definition) is 2. The van der Waals surface area contributed by atoms with Gasteiger partial charge in [0, 0.05) is 5.56 Å². The molecule has 80 valence electrons. The van der Waals surface area contributed by atoms with Crippen molar-refractivity contribution in [1.29, 1.82) is 0 Å². The molecule has 0 aromatic heterocycles. The highest BCUT2D eigenvalue weighted by atomic mass is 19.1. The predicted octanol–water partition coefficient (Wildman–Crippen LogP) is 2.05. The summed E-state index contributed by atoms with van der Waals surface area (Å²) in [5.74, 6) is -1.03. The maximum atomic E-state index is 13.4. The Kier molecular flexibility index (Phi) is 2.30. The second kappa shape index (κ2) is 3.49. The molecule has 1 aromatic carbocycles. The Morgan fingerprint density at radius 1 is 1.40 bits per heavy atom. The van der Waals surface area contributed by atoms with Crippen LogP contribution in [0.5, 0.6) is 0 Å². The van der Waals surface area contributed by atoms with E-state index in [2.05, 4.69) is 10.1 Å². The first-order valence-corrected chi connectivity index (χ1v) is 4.47. The fourth-order valence-corrected chi connectivity index (χ4v) is 1.48. The Labute approximate surface area is 85.0 Å². The van der Waals surface area contributed by atoms with E-state index in [1.54, 1.807) is 0 Å². The molecule has 1 atom stereocenters. The summed E-state index contributed by atoms with van der Waals surface area (Å²) in [6.07, 6.45) is -0.611. The molecule has 0 spiro atoms. The van der Waals surface area contributed by atoms with Crippen LogP contribution < -0.4 is 5.32 Å². The minimum absolute atomic E-state index is 0.0260. The highest BCUT2D eigenvalue weighted by Crippen LogP contribution is 2.23. The summed E-state index contributed by atoms with van der Waals surface area (Å²) < 4.78 is 31.2. The summed E-state index contributed by atoms with van der Waals surface area (Å²) in [6.45, 7) is 1.50. The van der Waals surface area contributed by atoms with Crippen LogP contribution in [0.25, 0.3) is 0 Å². The van der Waals surface area contributed by atoms with Crippen LogP contribution >= 0.6 is 0 Å². The number of ether oxygens (including phenoxy) is 1. The number of halogens is 2. The molecule has 1 unspecified atom stereocenters. The van der Waals surface area contributed by atoms with E-state index in [9.17, 15) is 13.6 Å². The van der Waals surface area contributed by atoms with Crippen LogP contribution in [0.1, 0.15) is 17.2 Å². The third kappa shape index (κ3) is 1.77. The Balaban J connectivity index is 2.36. The molecule has 0 bridgehead atoms. The molecule has 1 aliphatic rings. The van der Waals surface area contributed by atoms with Crippen molar-refractivity contribution in [2.24, 2.45) is 0 Å². The summed E-state index contributed by atoms with van der Waals surface area (Å²) >= 11 is 0. The zero-order valence-electron chi connectivity index (χ0n) is 8.01. The number of aryl methyl sites for hydroxylation is 1. The van der Waals surface area contributed by atoms with E-state index >= 15 is 0 Å². The lowest BCUT2D eigenvalue weighted by Gasteiger charge is -2.10. The summed E-state index contributed by atoms with van der Waals surface area (Å²) in [7, 11) is 0. The number of hydrogen-bond donors (Lipinski definition) is 1. The molecule has 1 N–H and O–H groups in total. The van der Waals surface area contributed by atoms with Crippen LogP contribution in [0.15, 0.2) is 12.1 Å². The molecule has 1 amide bonds. The Morgan fingerprint density at radius 3 is 2.73 bits per heavy atom. The Morgan fingerprint density at radius 2 is 2.13 bits per heavy atom. The van der Waals surface area contributed by atoms with E-state index in [0.29, 0.717) is 0 Å². The number of cyclic esters (lactones) is 1. The Hall–Kier alpha value is -1.65. The number of nitrogens with one attached hydrogen (secondary N) is 1. The predicted molar refractivity (Wildman–Crippen MR) is 48.3 cm³/mol. The molecule has 1 aromatic rings. The lowest BCUT2D eigenvalue weighted by atomic mass is 10.0. The smallest absolute Gasteiger partial charge is 0.407 e. The van der Waals surface area contributed by atoms with E-state index in [1.165, 1.54) is 6.92 Å². The third-order valence-corrected chi connectivity index (χ3v) is 2.33. The van der Waals surface area contributed by atoms with Gasteiger partial charge in [-0.1, -0.05) is 0 Å². The molecule has 0 aliphatic carbocycles. The average molecular weight is 213 g/mol. The van der Waals surface area contributed by atoms with Gasteiger partial charge in [-0.05, 0) is 24.6 Å². The van der Waals surface area contributed by atoms with Crippen LogP contribution in [0.3, 0.4) is 0 Å². The van der Waals surface area contributed by atoms with Gasteiger partial charge in [-0.2, -0.15) is 0 Å². The zero-order valence-corrected chi connectivity index (χ0v) is 8.01. The zero-order chi connectivity index (χ0) is 11.0. The number of rotatable bonds is 1. The summed E-state index contributed by atoms with van der Waals surface area (Å²) in [5.41, 5.74) is 0.352. The first-order chi connectivity index (χ1) is 7.08. The van der Waals surface area contributed by atoms with Gasteiger partial charge in [-0.3, -0.25) is 0 Å². The second-order valence-corrected chi connectivity index (χ2v) is 3.42. The quantitative estimate of drug-likeness (QED) is 0.775. The van der Waals surface area contributed by atoms with Gasteiger partial charge in [0.1, 0.15) is 18.2 Å². The van der Waals surface area contributed by atoms with Gasteiger partial charge in [0.15, 0.2) is 0 Å². The summed E-state index contributed by atoms with van der Waals surface area (Å²) in [4.78, 5) is 10.7. The standard InChI is InChI=1S/C10H9F2NO2/c1-5-2-8(12)6(3-7(5)11)9-4-15-10(14)13-9/h2-3,9H,4H2,1H3,(H,13,14). The van der Waals surface area contributed by atoms with Crippen LogP contribution in [-0.4, -0.2) is 12.7 Å². The number of amides is 1. The maximum absolute atomic E-state index is 13.4. The van der Waals surface area contributed by atoms with Gasteiger partial charge in [-0.25, -0.2) is 13.6 Å². The topological polar surface area (TPSA) is 38.3 Å². The van der Waals surface area contributed by atoms with Gasteiger partial charge in [0.2, 0.25) is 0 Å². The van der Waals surface area contributed by atoms with Crippen LogP contribution in [0, 0.1) is 18.6 Å². The van der Waals surface area contributed by atoms with Crippen molar-refractivity contribution in [1.82, 2.24) is 5.32 Å². The van der Waals surface area contributed by atoms with E-state index in [-0.39, 0.29) is 17.7 Å². The first kappa shape index (κ1) is 9.89. The fourth-order valence-electron chi connectivity index (χ4n) is 1.48. The summed E-state index contributed by atoms with van der Waals surface area (Å²) in [6, 6.07) is 1.59. The van der Waals surface area contributed by atoms with Crippen molar-refractivity contribution in [3.8, 4) is 0 Å². The van der Waals surface area contributed by atoms with Gasteiger partial charge in [0.25, 0.3) is 0 Å². The molecular formula is C10H9F2NO2. The third-order valence-electron chi connectivity index (χ3n) is 2.33. The monoisotopic (exact) mass is 213 g/mol. The van der Waals surface area contributed by atoms with Gasteiger partial charge in [-0.15, -0.1) is 0 Å². The lowest BCUT2D eigenvalue weighted by Crippen LogP contribution is -2.19. The average Bonchev–Trinajstić information content (AvgIpc) is 2.58. The molecule has 15 heavy (non-hydrogen) atoms. The number of carbonyl (C=O) groups is 1. The normalized spacial score (nSPS) is 19.9. The molecule has 5 heteroatoms.